The topological polar surface area (TPSA) is 116 Å². The molecule has 2 aliphatic heterocycles. The van der Waals surface area contributed by atoms with E-state index in [1.807, 2.05) is 43.3 Å². The predicted octanol–water partition coefficient (Wildman–Crippen LogP) is 4.61. The first kappa shape index (κ1) is 26.5. The van der Waals surface area contributed by atoms with Crippen LogP contribution in [-0.2, 0) is 31.4 Å². The highest BCUT2D eigenvalue weighted by Crippen LogP contribution is 2.51. The lowest BCUT2D eigenvalue weighted by atomic mass is 9.87. The molecule has 1 atom stereocenters. The molecule has 2 heterocycles. The lowest BCUT2D eigenvalue weighted by Gasteiger charge is -2.30. The van der Waals surface area contributed by atoms with Gasteiger partial charge in [0, 0.05) is 22.4 Å². The molecule has 1 aliphatic carbocycles. The summed E-state index contributed by atoms with van der Waals surface area (Å²) in [5, 5.41) is 0. The molecule has 1 amide bonds. The van der Waals surface area contributed by atoms with Crippen LogP contribution in [0.1, 0.15) is 45.2 Å². The lowest BCUT2D eigenvalue weighted by Crippen LogP contribution is -2.44. The number of nitrogens with two attached hydrogens (primary N) is 1. The Morgan fingerprint density at radius 2 is 1.77 bits per heavy atom. The fourth-order valence-electron chi connectivity index (χ4n) is 5.84. The number of hydrogen-bond acceptors (Lipinski definition) is 6. The summed E-state index contributed by atoms with van der Waals surface area (Å²) < 4.78 is 38.8. The Bertz CT molecular complexity index is 1610. The van der Waals surface area contributed by atoms with E-state index in [-0.39, 0.29) is 26.9 Å². The Balaban J connectivity index is 0.00000202. The third-order valence-corrected chi connectivity index (χ3v) is 10.3. The van der Waals surface area contributed by atoms with Gasteiger partial charge in [0.15, 0.2) is 11.5 Å². The van der Waals surface area contributed by atoms with Crippen molar-refractivity contribution in [2.75, 3.05) is 19.9 Å². The van der Waals surface area contributed by atoms with E-state index in [4.69, 9.17) is 15.2 Å². The predicted molar refractivity (Wildman–Crippen MR) is 154 cm³/mol. The monoisotopic (exact) mass is 564 g/mol. The van der Waals surface area contributed by atoms with E-state index >= 15 is 0 Å². The molecule has 1 saturated carbocycles. The van der Waals surface area contributed by atoms with Gasteiger partial charge >= 0.3 is 0 Å². The minimum Gasteiger partial charge on any atom is -0.454 e. The van der Waals surface area contributed by atoms with Gasteiger partial charge in [0.05, 0.1) is 16.2 Å². The minimum absolute atomic E-state index is 0. The molecule has 3 aliphatic rings. The van der Waals surface area contributed by atoms with Crippen molar-refractivity contribution in [3.8, 4) is 22.6 Å². The molecule has 3 aromatic carbocycles. The number of ether oxygens (including phenoxy) is 2. The summed E-state index contributed by atoms with van der Waals surface area (Å²) in [6.07, 6.45) is 3.15. The number of hydrogen-bond donors (Lipinski definition) is 1. The van der Waals surface area contributed by atoms with Gasteiger partial charge in [-0.05, 0) is 84.7 Å². The Labute approximate surface area is 237 Å². The maximum atomic E-state index is 13.5. The SMILES string of the molecule is Cc1ccc(CC(=O)C2(c3ccc4c(c3)OCO4)CC2)cc1-c1ccc(S(=O)(=O)N2CCCC(C(N)=O)C2)cc1.[HH].[HH]. The number of primary amides is 1. The highest BCUT2D eigenvalue weighted by molar-refractivity contribution is 7.89. The number of ketones is 1. The number of carbonyl (C=O) groups excluding carboxylic acids is 2. The van der Waals surface area contributed by atoms with Crippen LogP contribution in [0.5, 0.6) is 11.5 Å². The van der Waals surface area contributed by atoms with Crippen LogP contribution in [0.2, 0.25) is 0 Å². The third-order valence-electron chi connectivity index (χ3n) is 8.47. The number of aryl methyl sites for hydroxylation is 1. The van der Waals surface area contributed by atoms with Crippen LogP contribution < -0.4 is 15.2 Å². The molecule has 1 unspecified atom stereocenters. The number of nitrogens with zero attached hydrogens (tertiary/aromatic N) is 1. The number of piperidine rings is 1. The summed E-state index contributed by atoms with van der Waals surface area (Å²) in [4.78, 5) is 25.3. The molecule has 2 fully saturated rings. The van der Waals surface area contributed by atoms with Gasteiger partial charge in [0.25, 0.3) is 0 Å². The molecule has 2 N–H and O–H groups in total. The van der Waals surface area contributed by atoms with E-state index in [0.29, 0.717) is 37.3 Å². The Morgan fingerprint density at radius 1 is 1.02 bits per heavy atom. The second kappa shape index (κ2) is 10.1. The maximum absolute atomic E-state index is 13.5. The summed E-state index contributed by atoms with van der Waals surface area (Å²) in [5.41, 5.74) is 9.70. The molecule has 9 heteroatoms. The highest BCUT2D eigenvalue weighted by atomic mass is 32.2. The van der Waals surface area contributed by atoms with Gasteiger partial charge in [-0.2, -0.15) is 4.31 Å². The number of sulfonamides is 1. The Kier molecular flexibility index (Phi) is 6.67. The normalized spacial score (nSPS) is 19.8. The van der Waals surface area contributed by atoms with Crippen molar-refractivity contribution in [3.05, 3.63) is 77.4 Å². The Hall–Kier alpha value is -3.69. The van der Waals surface area contributed by atoms with E-state index in [0.717, 1.165) is 40.7 Å². The number of amides is 1. The molecule has 0 bridgehead atoms. The molecular formula is C31H36N2O6S. The van der Waals surface area contributed by atoms with Crippen LogP contribution >= 0.6 is 0 Å². The van der Waals surface area contributed by atoms with Crippen molar-refractivity contribution < 1.29 is 30.3 Å². The quantitative estimate of drug-likeness (QED) is 0.427. The van der Waals surface area contributed by atoms with Crippen molar-refractivity contribution >= 4 is 21.7 Å². The molecular weight excluding hydrogens is 528 g/mol. The van der Waals surface area contributed by atoms with Gasteiger partial charge in [-0.25, -0.2) is 8.42 Å². The van der Waals surface area contributed by atoms with Crippen molar-refractivity contribution in [2.24, 2.45) is 11.7 Å². The minimum atomic E-state index is -3.74. The number of carbonyl (C=O) groups is 2. The highest BCUT2D eigenvalue weighted by Gasteiger charge is 2.50. The third kappa shape index (κ3) is 4.77. The average Bonchev–Trinajstić information content (AvgIpc) is 3.64. The second-order valence-electron chi connectivity index (χ2n) is 11.0. The average molecular weight is 565 g/mol. The second-order valence-corrected chi connectivity index (χ2v) is 13.0. The molecule has 6 rings (SSSR count). The van der Waals surface area contributed by atoms with Crippen LogP contribution in [0.3, 0.4) is 0 Å². The fourth-order valence-corrected chi connectivity index (χ4v) is 7.36. The van der Waals surface area contributed by atoms with Gasteiger partial charge in [-0.1, -0.05) is 36.4 Å². The molecule has 8 nitrogen and oxygen atoms in total. The zero-order chi connectivity index (χ0) is 28.1. The lowest BCUT2D eigenvalue weighted by molar-refractivity contribution is -0.123. The summed E-state index contributed by atoms with van der Waals surface area (Å²) in [5.74, 6) is 0.647. The first-order valence-electron chi connectivity index (χ1n) is 13.6. The molecule has 3 aromatic rings. The largest absolute Gasteiger partial charge is 0.454 e. The first-order valence-corrected chi connectivity index (χ1v) is 15.0. The summed E-state index contributed by atoms with van der Waals surface area (Å²) >= 11 is 0. The fraction of sp³-hybridized carbons (Fsp3) is 0.355. The van der Waals surface area contributed by atoms with Crippen LogP contribution in [0.15, 0.2) is 65.6 Å². The van der Waals surface area contributed by atoms with Gasteiger partial charge in [-0.3, -0.25) is 9.59 Å². The number of rotatable bonds is 8. The molecule has 0 spiro atoms. The maximum Gasteiger partial charge on any atom is 0.243 e. The van der Waals surface area contributed by atoms with Crippen LogP contribution in [0, 0.1) is 12.8 Å². The van der Waals surface area contributed by atoms with Gasteiger partial charge in [-0.15, -0.1) is 0 Å². The summed E-state index contributed by atoms with van der Waals surface area (Å²) in [6, 6.07) is 18.6. The van der Waals surface area contributed by atoms with Crippen molar-refractivity contribution in [3.63, 3.8) is 0 Å². The molecule has 40 heavy (non-hydrogen) atoms. The van der Waals surface area contributed by atoms with E-state index in [2.05, 4.69) is 0 Å². The van der Waals surface area contributed by atoms with Crippen molar-refractivity contribution in [1.82, 2.24) is 4.31 Å². The zero-order valence-corrected chi connectivity index (χ0v) is 23.2. The van der Waals surface area contributed by atoms with Gasteiger partial charge in [0.1, 0.15) is 5.78 Å². The molecule has 0 aromatic heterocycles. The number of Topliss-reactive ketones (excluding diaryl/α,β-unsaturated/α-hetero) is 1. The smallest absolute Gasteiger partial charge is 0.243 e. The molecule has 1 saturated heterocycles. The van der Waals surface area contributed by atoms with E-state index < -0.39 is 27.3 Å². The van der Waals surface area contributed by atoms with Crippen LogP contribution in [0.25, 0.3) is 11.1 Å². The van der Waals surface area contributed by atoms with Crippen molar-refractivity contribution in [2.45, 2.75) is 49.3 Å². The van der Waals surface area contributed by atoms with E-state index in [1.54, 1.807) is 24.3 Å². The number of benzene rings is 3. The van der Waals surface area contributed by atoms with Crippen molar-refractivity contribution in [1.29, 1.82) is 0 Å². The van der Waals surface area contributed by atoms with Gasteiger partial charge in [0.2, 0.25) is 22.7 Å². The first-order chi connectivity index (χ1) is 19.2. The van der Waals surface area contributed by atoms with E-state index in [1.165, 1.54) is 4.31 Å². The van der Waals surface area contributed by atoms with Crippen LogP contribution in [0.4, 0.5) is 0 Å². The Morgan fingerprint density at radius 3 is 2.50 bits per heavy atom. The molecule has 0 radical (unpaired) electrons. The summed E-state index contributed by atoms with van der Waals surface area (Å²) in [7, 11) is -3.74. The zero-order valence-electron chi connectivity index (χ0n) is 22.4. The van der Waals surface area contributed by atoms with E-state index in [9.17, 15) is 18.0 Å². The van der Waals surface area contributed by atoms with Gasteiger partial charge < -0.3 is 15.2 Å². The molecule has 212 valence electrons. The number of fused-ring (bicyclic) bond motifs is 1. The standard InChI is InChI=1S/C31H32N2O6S.2H2/c1-20-4-5-21(16-29(34)31(12-13-31)24-8-11-27-28(17-24)39-19-38-27)15-26(20)22-6-9-25(10-7-22)40(36,37)33-14-2-3-23(18-33)30(32)35;;/h4-11,15,17,23H,2-3,12-14,16,18-19H2,1H3,(H2,32,35);2*1H. The summed E-state index contributed by atoms with van der Waals surface area (Å²) in [6.45, 7) is 2.68. The van der Waals surface area contributed by atoms with Crippen LogP contribution in [-0.4, -0.2) is 44.3 Å².